The van der Waals surface area contributed by atoms with E-state index < -0.39 is 54.3 Å². The maximum absolute atomic E-state index is 13.8. The van der Waals surface area contributed by atoms with Gasteiger partial charge in [0.05, 0.1) is 24.2 Å². The molecule has 0 aromatic heterocycles. The summed E-state index contributed by atoms with van der Waals surface area (Å²) in [7, 11) is 1.52. The van der Waals surface area contributed by atoms with Crippen LogP contribution < -0.4 is 58.5 Å². The van der Waals surface area contributed by atoms with E-state index in [-0.39, 0.29) is 44.5 Å². The normalized spacial score (nSPS) is 12.6. The number of urea groups is 5. The Labute approximate surface area is 459 Å². The van der Waals surface area contributed by atoms with Crippen LogP contribution in [0.2, 0.25) is 0 Å². The van der Waals surface area contributed by atoms with Crippen LogP contribution in [0.4, 0.5) is 29.7 Å². The lowest BCUT2D eigenvalue weighted by molar-refractivity contribution is -0.122. The van der Waals surface area contributed by atoms with Crippen molar-refractivity contribution in [1.82, 2.24) is 53.2 Å². The lowest BCUT2D eigenvalue weighted by Gasteiger charge is -2.24. The van der Waals surface area contributed by atoms with Crippen LogP contribution in [-0.2, 0) is 36.9 Å². The van der Waals surface area contributed by atoms with Crippen molar-refractivity contribution >= 4 is 57.7 Å². The minimum absolute atomic E-state index is 0.0734. The monoisotopic (exact) mass is 1110 g/mol. The lowest BCUT2D eigenvalue weighted by atomic mass is 10.0. The molecule has 0 aliphatic heterocycles. The molecule has 0 aliphatic rings. The molecular weight excluding hydrogens is 1040 g/mol. The van der Waals surface area contributed by atoms with Crippen molar-refractivity contribution in [3.63, 3.8) is 0 Å². The molecule has 17 nitrogen and oxygen atoms in total. The summed E-state index contributed by atoms with van der Waals surface area (Å²) >= 11 is 3.41. The first kappa shape index (κ1) is 57.9. The number of carbonyl (C=O) groups is 6. The average Bonchev–Trinajstić information content (AvgIpc) is 3.44. The fourth-order valence-electron chi connectivity index (χ4n) is 8.57. The van der Waals surface area contributed by atoms with Gasteiger partial charge in [-0.25, -0.2) is 24.0 Å². The van der Waals surface area contributed by atoms with E-state index in [2.05, 4.69) is 74.4 Å². The van der Waals surface area contributed by atoms with Crippen LogP contribution in [0.5, 0.6) is 0 Å². The largest absolute Gasteiger partial charge is 0.351 e. The van der Waals surface area contributed by atoms with Gasteiger partial charge in [0, 0.05) is 55.8 Å². The highest BCUT2D eigenvalue weighted by Gasteiger charge is 2.22. The summed E-state index contributed by atoms with van der Waals surface area (Å²) in [6.07, 6.45) is 2.61. The fourth-order valence-corrected chi connectivity index (χ4v) is 8.83. The van der Waals surface area contributed by atoms with Gasteiger partial charge in [-0.1, -0.05) is 168 Å². The summed E-state index contributed by atoms with van der Waals surface area (Å²) in [6.45, 7) is 0.501. The first-order chi connectivity index (χ1) is 37.4. The Morgan fingerprint density at radius 2 is 0.662 bits per heavy atom. The van der Waals surface area contributed by atoms with Crippen molar-refractivity contribution in [2.75, 3.05) is 38.5 Å². The van der Waals surface area contributed by atoms with Gasteiger partial charge in [-0.3, -0.25) is 4.79 Å². The number of rotatable bonds is 27. The molecule has 0 fully saturated rings. The quantitative estimate of drug-likeness (QED) is 0.0252. The molecule has 18 heteroatoms. The third-order valence-electron chi connectivity index (χ3n) is 12.4. The summed E-state index contributed by atoms with van der Waals surface area (Å²) in [5, 5.41) is 32.2. The zero-order chi connectivity index (χ0) is 54.5. The molecule has 0 spiro atoms. The maximum atomic E-state index is 13.8. The van der Waals surface area contributed by atoms with E-state index in [1.54, 1.807) is 12.1 Å². The van der Waals surface area contributed by atoms with E-state index >= 15 is 0 Å². The fraction of sp³-hybridized carbons (Fsp3) is 0.288. The van der Waals surface area contributed by atoms with Crippen LogP contribution in [0.15, 0.2) is 180 Å². The summed E-state index contributed by atoms with van der Waals surface area (Å²) in [5.74, 6) is -0.255. The maximum Gasteiger partial charge on any atom is 0.319 e. The molecule has 11 amide bonds. The predicted octanol–water partition coefficient (Wildman–Crippen LogP) is 7.35. The molecule has 11 N–H and O–H groups in total. The Kier molecular flexibility index (Phi) is 24.2. The Balaban J connectivity index is 1.05. The number of nitrogens with one attached hydrogen (secondary N) is 11. The Morgan fingerprint density at radius 3 is 1.01 bits per heavy atom. The van der Waals surface area contributed by atoms with Crippen molar-refractivity contribution in [1.29, 1.82) is 0 Å². The highest BCUT2D eigenvalue weighted by molar-refractivity contribution is 9.10. The summed E-state index contributed by atoms with van der Waals surface area (Å²) in [6, 6.07) is 51.0. The SMILES string of the molecule is CNC(=O)NC[C@H](Cc1ccccc1)NC(=O)NC[C@H](Cc1ccccc1)NC(=O)CC[C@@H](Cc1ccccc1)NC(=O)NC[C@H](Cc1ccccc1)NC(=O)NC[C@H](Cc1ccccc1)NC(=O)Nc1ccc(Br)cc1. The molecule has 6 aromatic rings. The van der Waals surface area contributed by atoms with Gasteiger partial charge in [0.15, 0.2) is 0 Å². The van der Waals surface area contributed by atoms with E-state index in [0.29, 0.717) is 44.2 Å². The zero-order valence-electron chi connectivity index (χ0n) is 43.2. The molecule has 0 aliphatic carbocycles. The number of hydrogen-bond acceptors (Lipinski definition) is 6. The summed E-state index contributed by atoms with van der Waals surface area (Å²) in [5.41, 5.74) is 5.47. The molecule has 0 saturated heterocycles. The molecule has 0 unspecified atom stereocenters. The third kappa shape index (κ3) is 23.0. The van der Waals surface area contributed by atoms with Crippen molar-refractivity contribution in [3.05, 3.63) is 208 Å². The lowest BCUT2D eigenvalue weighted by Crippen LogP contribution is -2.53. The van der Waals surface area contributed by atoms with Crippen LogP contribution >= 0.6 is 15.9 Å². The van der Waals surface area contributed by atoms with Gasteiger partial charge in [0.1, 0.15) is 0 Å². The molecular formula is C59H70BrN11O6. The van der Waals surface area contributed by atoms with Gasteiger partial charge in [0.2, 0.25) is 5.91 Å². The second-order valence-corrected chi connectivity index (χ2v) is 19.6. The minimum atomic E-state index is -0.533. The Bertz CT molecular complexity index is 2730. The topological polar surface area (TPSA) is 235 Å². The number of carbonyl (C=O) groups excluding carboxylic acids is 6. The molecule has 0 bridgehead atoms. The van der Waals surface area contributed by atoms with Crippen molar-refractivity contribution in [2.45, 2.75) is 75.2 Å². The molecule has 0 radical (unpaired) electrons. The van der Waals surface area contributed by atoms with Gasteiger partial charge in [-0.15, -0.1) is 0 Å². The van der Waals surface area contributed by atoms with E-state index in [4.69, 9.17) is 0 Å². The Hall–Kier alpha value is -8.38. The number of anilines is 1. The molecule has 0 heterocycles. The molecule has 404 valence electrons. The highest BCUT2D eigenvalue weighted by atomic mass is 79.9. The van der Waals surface area contributed by atoms with E-state index in [0.717, 1.165) is 32.3 Å². The molecule has 5 atom stereocenters. The highest BCUT2D eigenvalue weighted by Crippen LogP contribution is 2.15. The van der Waals surface area contributed by atoms with E-state index in [1.165, 1.54) is 7.05 Å². The first-order valence-electron chi connectivity index (χ1n) is 25.8. The molecule has 0 saturated carbocycles. The standard InChI is InChI=1S/C59H70BrN11O6/c1-61-55(73)62-39-51(35-44-21-11-4-12-22-44)69-57(75)63-38-50(34-43-19-9-3-10-20-43)66-54(72)32-31-49(33-42-17-7-2-8-18-42)68-56(74)64-40-52(36-45-23-13-5-14-24-45)70-58(76)65-41-53(37-46-25-15-6-16-26-46)71-59(77)67-48-29-27-47(60)28-30-48/h2-30,49-53H,31-41H2,1H3,(H,66,72)(H2,61,62,73)(H2,63,69,75)(H2,64,68,74)(H2,65,70,76)(H2,67,71,77)/t49-,50-,51-,52-,53-/m0/s1. The van der Waals surface area contributed by atoms with Crippen molar-refractivity contribution < 1.29 is 28.8 Å². The van der Waals surface area contributed by atoms with Crippen LogP contribution in [0.25, 0.3) is 0 Å². The van der Waals surface area contributed by atoms with Gasteiger partial charge in [0.25, 0.3) is 0 Å². The Morgan fingerprint density at radius 1 is 0.364 bits per heavy atom. The van der Waals surface area contributed by atoms with Crippen LogP contribution in [0.3, 0.4) is 0 Å². The number of amides is 11. The number of benzene rings is 6. The van der Waals surface area contributed by atoms with Crippen molar-refractivity contribution in [3.8, 4) is 0 Å². The van der Waals surface area contributed by atoms with Gasteiger partial charge in [-0.05, 0) is 90.6 Å². The third-order valence-corrected chi connectivity index (χ3v) is 12.9. The number of hydrogen-bond donors (Lipinski definition) is 11. The minimum Gasteiger partial charge on any atom is -0.351 e. The zero-order valence-corrected chi connectivity index (χ0v) is 44.8. The van der Waals surface area contributed by atoms with Gasteiger partial charge < -0.3 is 58.5 Å². The molecule has 77 heavy (non-hydrogen) atoms. The van der Waals surface area contributed by atoms with Gasteiger partial charge >= 0.3 is 30.2 Å². The smallest absolute Gasteiger partial charge is 0.319 e. The second-order valence-electron chi connectivity index (χ2n) is 18.7. The van der Waals surface area contributed by atoms with Crippen LogP contribution in [-0.4, -0.2) is 99.5 Å². The van der Waals surface area contributed by atoms with E-state index in [1.807, 2.05) is 164 Å². The first-order valence-corrected chi connectivity index (χ1v) is 26.6. The summed E-state index contributed by atoms with van der Waals surface area (Å²) in [4.78, 5) is 79.8. The predicted molar refractivity (Wildman–Crippen MR) is 305 cm³/mol. The van der Waals surface area contributed by atoms with Crippen LogP contribution in [0.1, 0.15) is 40.7 Å². The number of halogens is 1. The van der Waals surface area contributed by atoms with Crippen molar-refractivity contribution in [2.24, 2.45) is 0 Å². The second kappa shape index (κ2) is 32.1. The van der Waals surface area contributed by atoms with Crippen LogP contribution in [0, 0.1) is 0 Å². The molecule has 6 rings (SSSR count). The molecule has 6 aromatic carbocycles. The van der Waals surface area contributed by atoms with E-state index in [9.17, 15) is 28.8 Å². The summed E-state index contributed by atoms with van der Waals surface area (Å²) < 4.78 is 0.882. The average molecular weight is 1110 g/mol. The van der Waals surface area contributed by atoms with Gasteiger partial charge in [-0.2, -0.15) is 0 Å².